The van der Waals surface area contributed by atoms with Crippen LogP contribution in [0.25, 0.3) is 11.3 Å². The van der Waals surface area contributed by atoms with Gasteiger partial charge in [0.1, 0.15) is 5.88 Å². The molecule has 1 saturated heterocycles. The summed E-state index contributed by atoms with van der Waals surface area (Å²) in [7, 11) is 1.66. The van der Waals surface area contributed by atoms with Crippen molar-refractivity contribution in [2.24, 2.45) is 7.05 Å². The first kappa shape index (κ1) is 33.4. The van der Waals surface area contributed by atoms with E-state index in [1.54, 1.807) is 47.3 Å². The van der Waals surface area contributed by atoms with Crippen molar-refractivity contribution >= 4 is 46.5 Å². The second-order valence-corrected chi connectivity index (χ2v) is 12.9. The topological polar surface area (TPSA) is 117 Å². The fraction of sp³-hybridized carbons (Fsp3) is 0.306. The number of carbonyl (C=O) groups excluding carboxylic acids is 3. The largest absolute Gasteiger partial charge is 0.338 e. The van der Waals surface area contributed by atoms with Crippen molar-refractivity contribution in [2.75, 3.05) is 42.7 Å². The van der Waals surface area contributed by atoms with Gasteiger partial charge >= 0.3 is 0 Å². The molecule has 1 aliphatic heterocycles. The average Bonchev–Trinajstić information content (AvgIpc) is 3.07. The van der Waals surface area contributed by atoms with Crippen LogP contribution in [0.15, 0.2) is 77.7 Å². The summed E-state index contributed by atoms with van der Waals surface area (Å²) in [5.74, 6) is -0.425. The molecular formula is C36H39ClN6O4. The number of alkyl halides is 1. The number of benzene rings is 3. The Balaban J connectivity index is 1.31. The van der Waals surface area contributed by atoms with Gasteiger partial charge in [-0.2, -0.15) is 0 Å². The lowest BCUT2D eigenvalue weighted by atomic mass is 9.86. The molecule has 0 bridgehead atoms. The molecular weight excluding hydrogens is 616 g/mol. The fourth-order valence-electron chi connectivity index (χ4n) is 5.44. The maximum absolute atomic E-state index is 13.1. The van der Waals surface area contributed by atoms with Gasteiger partial charge in [0.25, 0.3) is 17.4 Å². The van der Waals surface area contributed by atoms with E-state index in [0.717, 1.165) is 16.7 Å². The summed E-state index contributed by atoms with van der Waals surface area (Å²) in [5, 5.41) is 6.12. The molecule has 2 N–H and O–H groups in total. The predicted octanol–water partition coefficient (Wildman–Crippen LogP) is 5.57. The normalized spacial score (nSPS) is 13.3. The van der Waals surface area contributed by atoms with Gasteiger partial charge in [0.2, 0.25) is 5.91 Å². The number of nitrogens with zero attached hydrogens (tertiary/aromatic N) is 4. The lowest BCUT2D eigenvalue weighted by molar-refractivity contribution is -0.129. The van der Waals surface area contributed by atoms with Gasteiger partial charge < -0.3 is 25.0 Å². The molecule has 4 aromatic rings. The van der Waals surface area contributed by atoms with Crippen LogP contribution in [0.5, 0.6) is 0 Å². The zero-order valence-corrected chi connectivity index (χ0v) is 28.0. The molecule has 11 heteroatoms. The highest BCUT2D eigenvalue weighted by Crippen LogP contribution is 2.29. The first-order valence-electron chi connectivity index (χ1n) is 15.5. The van der Waals surface area contributed by atoms with Gasteiger partial charge in [-0.3, -0.25) is 19.2 Å². The highest BCUT2D eigenvalue weighted by atomic mass is 35.5. The van der Waals surface area contributed by atoms with Gasteiger partial charge in [0.05, 0.1) is 5.69 Å². The van der Waals surface area contributed by atoms with Gasteiger partial charge in [-0.1, -0.05) is 45.0 Å². The van der Waals surface area contributed by atoms with Gasteiger partial charge in [0, 0.05) is 67.5 Å². The Morgan fingerprint density at radius 2 is 1.49 bits per heavy atom. The number of anilines is 3. The molecule has 244 valence electrons. The van der Waals surface area contributed by atoms with Crippen LogP contribution in [0.4, 0.5) is 17.2 Å². The van der Waals surface area contributed by atoms with E-state index < -0.39 is 0 Å². The van der Waals surface area contributed by atoms with E-state index in [1.807, 2.05) is 49.4 Å². The molecule has 10 nitrogen and oxygen atoms in total. The van der Waals surface area contributed by atoms with Crippen molar-refractivity contribution in [3.8, 4) is 11.3 Å². The lowest BCUT2D eigenvalue weighted by Gasteiger charge is -2.34. The summed E-state index contributed by atoms with van der Waals surface area (Å²) in [6, 6.07) is 20.0. The molecule has 1 aliphatic rings. The molecule has 3 aromatic carbocycles. The van der Waals surface area contributed by atoms with Crippen molar-refractivity contribution in [1.29, 1.82) is 0 Å². The standard InChI is InChI=1S/C36H39ClN6O4/c1-23-28(7-6-8-29(23)40-33(45)24-9-13-26(14-10-24)36(2,3)4)30-22-41(5)35(47)32(39-30)38-27-15-11-25(12-16-27)34(46)43-19-17-42(18-20-43)31(44)21-37/h6-16,22H,17-21H2,1-5H3,(H,38,39)(H,40,45). The molecule has 0 saturated carbocycles. The van der Waals surface area contributed by atoms with E-state index in [0.29, 0.717) is 54.4 Å². The Morgan fingerprint density at radius 3 is 2.11 bits per heavy atom. The monoisotopic (exact) mass is 654 g/mol. The molecule has 0 atom stereocenters. The first-order valence-corrected chi connectivity index (χ1v) is 16.0. The summed E-state index contributed by atoms with van der Waals surface area (Å²) in [6.45, 7) is 10.1. The van der Waals surface area contributed by atoms with E-state index in [-0.39, 0.29) is 40.4 Å². The molecule has 47 heavy (non-hydrogen) atoms. The van der Waals surface area contributed by atoms with Crippen molar-refractivity contribution in [3.05, 3.63) is 106 Å². The predicted molar refractivity (Wildman–Crippen MR) is 186 cm³/mol. The number of hydrogen-bond acceptors (Lipinski definition) is 6. The lowest BCUT2D eigenvalue weighted by Crippen LogP contribution is -2.50. The number of halogens is 1. The summed E-state index contributed by atoms with van der Waals surface area (Å²) < 4.78 is 1.46. The van der Waals surface area contributed by atoms with Crippen LogP contribution in [-0.2, 0) is 17.3 Å². The average molecular weight is 655 g/mol. The number of carbonyl (C=O) groups is 3. The minimum atomic E-state index is -0.320. The zero-order valence-electron chi connectivity index (χ0n) is 27.3. The van der Waals surface area contributed by atoms with Gasteiger partial charge in [0.15, 0.2) is 5.82 Å². The molecule has 1 fully saturated rings. The van der Waals surface area contributed by atoms with E-state index in [2.05, 4.69) is 36.4 Å². The molecule has 2 heterocycles. The van der Waals surface area contributed by atoms with Gasteiger partial charge in [-0.25, -0.2) is 4.98 Å². The Kier molecular flexibility index (Phi) is 9.81. The van der Waals surface area contributed by atoms with Crippen LogP contribution in [0.2, 0.25) is 0 Å². The van der Waals surface area contributed by atoms with Crippen molar-refractivity contribution in [2.45, 2.75) is 33.1 Å². The number of piperazine rings is 1. The summed E-state index contributed by atoms with van der Waals surface area (Å²) >= 11 is 5.66. The van der Waals surface area contributed by atoms with Gasteiger partial charge in [-0.05, 0) is 65.9 Å². The molecule has 3 amide bonds. The number of amides is 3. The second kappa shape index (κ2) is 13.8. The Morgan fingerprint density at radius 1 is 0.872 bits per heavy atom. The first-order chi connectivity index (χ1) is 22.3. The third-order valence-electron chi connectivity index (χ3n) is 8.37. The molecule has 1 aromatic heterocycles. The van der Waals surface area contributed by atoms with E-state index >= 15 is 0 Å². The maximum Gasteiger partial charge on any atom is 0.293 e. The Bertz CT molecular complexity index is 1850. The maximum atomic E-state index is 13.1. The highest BCUT2D eigenvalue weighted by Gasteiger charge is 2.24. The third-order valence-corrected chi connectivity index (χ3v) is 8.60. The minimum Gasteiger partial charge on any atom is -0.338 e. The third kappa shape index (κ3) is 7.55. The van der Waals surface area contributed by atoms with Crippen molar-refractivity contribution < 1.29 is 14.4 Å². The number of nitrogens with one attached hydrogen (secondary N) is 2. The summed E-state index contributed by atoms with van der Waals surface area (Å²) in [5.41, 5.74) is 5.23. The Labute approximate surface area is 279 Å². The van der Waals surface area contributed by atoms with Crippen LogP contribution in [-0.4, -0.2) is 69.1 Å². The number of aromatic nitrogens is 2. The van der Waals surface area contributed by atoms with Crippen LogP contribution >= 0.6 is 11.6 Å². The molecule has 5 rings (SSSR count). The van der Waals surface area contributed by atoms with E-state index in [1.165, 1.54) is 4.57 Å². The smallest absolute Gasteiger partial charge is 0.293 e. The molecule has 0 spiro atoms. The summed E-state index contributed by atoms with van der Waals surface area (Å²) in [4.78, 5) is 59.1. The second-order valence-electron chi connectivity index (χ2n) is 12.7. The van der Waals surface area contributed by atoms with Gasteiger partial charge in [-0.15, -0.1) is 11.6 Å². The molecule has 0 radical (unpaired) electrons. The van der Waals surface area contributed by atoms with Crippen LogP contribution in [0, 0.1) is 6.92 Å². The number of hydrogen-bond donors (Lipinski definition) is 2. The van der Waals surface area contributed by atoms with Crippen molar-refractivity contribution in [3.63, 3.8) is 0 Å². The number of rotatable bonds is 7. The van der Waals surface area contributed by atoms with E-state index in [4.69, 9.17) is 11.6 Å². The van der Waals surface area contributed by atoms with Crippen LogP contribution in [0.3, 0.4) is 0 Å². The quantitative estimate of drug-likeness (QED) is 0.252. The van der Waals surface area contributed by atoms with Crippen molar-refractivity contribution in [1.82, 2.24) is 19.4 Å². The fourth-order valence-corrected chi connectivity index (χ4v) is 5.61. The van der Waals surface area contributed by atoms with E-state index in [9.17, 15) is 19.2 Å². The molecule has 0 aliphatic carbocycles. The zero-order chi connectivity index (χ0) is 33.9. The highest BCUT2D eigenvalue weighted by molar-refractivity contribution is 6.27. The van der Waals surface area contributed by atoms with Crippen LogP contribution in [0.1, 0.15) is 52.6 Å². The molecule has 0 unspecified atom stereocenters. The number of aryl methyl sites for hydroxylation is 1. The van der Waals surface area contributed by atoms with Crippen LogP contribution < -0.4 is 16.2 Å². The SMILES string of the molecule is Cc1c(NC(=O)c2ccc(C(C)(C)C)cc2)cccc1-c1cn(C)c(=O)c(Nc2ccc(C(=O)N3CCN(C(=O)CCl)CC3)cc2)n1. The Hall–Kier alpha value is -4.96. The minimum absolute atomic E-state index is 0.00979. The summed E-state index contributed by atoms with van der Waals surface area (Å²) in [6.07, 6.45) is 1.66.